The van der Waals surface area contributed by atoms with Crippen molar-refractivity contribution in [2.75, 3.05) is 0 Å². The third kappa shape index (κ3) is 3.21. The Labute approximate surface area is 80.0 Å². The Morgan fingerprint density at radius 1 is 1.54 bits per heavy atom. The Hall–Kier alpha value is -0.790. The maximum Gasteiger partial charge on any atom is 0.334 e. The lowest BCUT2D eigenvalue weighted by Gasteiger charge is -1.94. The van der Waals surface area contributed by atoms with Crippen molar-refractivity contribution < 1.29 is 9.53 Å². The van der Waals surface area contributed by atoms with E-state index in [0.717, 1.165) is 18.4 Å². The number of carbonyl (C=O) groups is 1. The van der Waals surface area contributed by atoms with Crippen LogP contribution in [0.2, 0.25) is 0 Å². The summed E-state index contributed by atoms with van der Waals surface area (Å²) >= 11 is 0. The Kier molecular flexibility index (Phi) is 4.00. The van der Waals surface area contributed by atoms with Crippen LogP contribution in [-0.4, -0.2) is 12.1 Å². The Balaban J connectivity index is 2.30. The Morgan fingerprint density at radius 3 is 2.85 bits per heavy atom. The Morgan fingerprint density at radius 2 is 2.31 bits per heavy atom. The molecule has 2 nitrogen and oxygen atoms in total. The number of cyclic esters (lactones) is 1. The van der Waals surface area contributed by atoms with Crippen LogP contribution in [0, 0.1) is 0 Å². The highest BCUT2D eigenvalue weighted by molar-refractivity contribution is 5.90. The fraction of sp³-hybridized carbons (Fsp3) is 0.727. The molecule has 1 atom stereocenters. The molecule has 1 unspecified atom stereocenters. The van der Waals surface area contributed by atoms with Gasteiger partial charge in [-0.2, -0.15) is 0 Å². The molecule has 0 spiro atoms. The molecular weight excluding hydrogens is 164 g/mol. The summed E-state index contributed by atoms with van der Waals surface area (Å²) in [5.41, 5.74) is 0.878. The van der Waals surface area contributed by atoms with Crippen molar-refractivity contribution in [2.24, 2.45) is 0 Å². The van der Waals surface area contributed by atoms with E-state index in [4.69, 9.17) is 4.74 Å². The molecule has 0 aliphatic carbocycles. The van der Waals surface area contributed by atoms with E-state index < -0.39 is 0 Å². The van der Waals surface area contributed by atoms with Crippen molar-refractivity contribution >= 4 is 5.97 Å². The molecule has 1 saturated heterocycles. The zero-order valence-electron chi connectivity index (χ0n) is 8.51. The standard InChI is InChI=1S/C11H18O2/c1-3-4-5-6-7-10-8-9(2)13-11(10)12/h7,9H,3-6,8H2,1-2H3/b10-7-. The first-order chi connectivity index (χ1) is 6.24. The lowest BCUT2D eigenvalue weighted by atomic mass is 10.1. The van der Waals surface area contributed by atoms with Crippen LogP contribution < -0.4 is 0 Å². The van der Waals surface area contributed by atoms with Gasteiger partial charge in [-0.25, -0.2) is 4.79 Å². The molecule has 0 aromatic heterocycles. The predicted octanol–water partition coefficient (Wildman–Crippen LogP) is 2.83. The normalized spacial score (nSPS) is 25.2. The largest absolute Gasteiger partial charge is 0.459 e. The summed E-state index contributed by atoms with van der Waals surface area (Å²) in [7, 11) is 0. The van der Waals surface area contributed by atoms with Gasteiger partial charge < -0.3 is 4.74 Å². The van der Waals surface area contributed by atoms with Crippen molar-refractivity contribution in [1.29, 1.82) is 0 Å². The van der Waals surface area contributed by atoms with Crippen LogP contribution in [0.5, 0.6) is 0 Å². The minimum atomic E-state index is -0.107. The van der Waals surface area contributed by atoms with Crippen LogP contribution in [0.25, 0.3) is 0 Å². The highest BCUT2D eigenvalue weighted by Crippen LogP contribution is 2.20. The lowest BCUT2D eigenvalue weighted by molar-refractivity contribution is -0.138. The lowest BCUT2D eigenvalue weighted by Crippen LogP contribution is -1.99. The van der Waals surface area contributed by atoms with Gasteiger partial charge in [0.05, 0.1) is 0 Å². The van der Waals surface area contributed by atoms with Crippen molar-refractivity contribution in [3.05, 3.63) is 11.6 Å². The van der Waals surface area contributed by atoms with E-state index in [-0.39, 0.29) is 12.1 Å². The van der Waals surface area contributed by atoms with Gasteiger partial charge in [-0.15, -0.1) is 0 Å². The van der Waals surface area contributed by atoms with Crippen molar-refractivity contribution in [3.8, 4) is 0 Å². The minimum Gasteiger partial charge on any atom is -0.459 e. The SMILES string of the molecule is CCCCC/C=C1/CC(C)OC1=O. The van der Waals surface area contributed by atoms with Crippen LogP contribution in [0.15, 0.2) is 11.6 Å². The van der Waals surface area contributed by atoms with Crippen LogP contribution in [0.4, 0.5) is 0 Å². The summed E-state index contributed by atoms with van der Waals surface area (Å²) in [5.74, 6) is -0.107. The second-order valence-corrected chi connectivity index (χ2v) is 3.65. The van der Waals surface area contributed by atoms with E-state index in [0.29, 0.717) is 0 Å². The van der Waals surface area contributed by atoms with E-state index >= 15 is 0 Å². The summed E-state index contributed by atoms with van der Waals surface area (Å²) < 4.78 is 5.02. The summed E-state index contributed by atoms with van der Waals surface area (Å²) in [5, 5.41) is 0. The fourth-order valence-corrected chi connectivity index (χ4v) is 1.53. The molecular formula is C11H18O2. The third-order valence-electron chi connectivity index (χ3n) is 2.28. The van der Waals surface area contributed by atoms with E-state index in [1.807, 2.05) is 13.0 Å². The molecule has 1 rings (SSSR count). The molecule has 13 heavy (non-hydrogen) atoms. The number of rotatable bonds is 4. The number of carbonyl (C=O) groups excluding carboxylic acids is 1. The van der Waals surface area contributed by atoms with Crippen LogP contribution >= 0.6 is 0 Å². The van der Waals surface area contributed by atoms with Crippen LogP contribution in [0.1, 0.15) is 46.0 Å². The van der Waals surface area contributed by atoms with Gasteiger partial charge >= 0.3 is 5.97 Å². The molecule has 1 aliphatic heterocycles. The molecule has 0 saturated carbocycles. The van der Waals surface area contributed by atoms with Crippen molar-refractivity contribution in [2.45, 2.75) is 52.1 Å². The summed E-state index contributed by atoms with van der Waals surface area (Å²) in [6.07, 6.45) is 7.60. The quantitative estimate of drug-likeness (QED) is 0.379. The summed E-state index contributed by atoms with van der Waals surface area (Å²) in [4.78, 5) is 11.2. The van der Waals surface area contributed by atoms with Gasteiger partial charge in [0.15, 0.2) is 0 Å². The third-order valence-corrected chi connectivity index (χ3v) is 2.28. The minimum absolute atomic E-state index is 0.0879. The molecule has 74 valence electrons. The van der Waals surface area contributed by atoms with Crippen molar-refractivity contribution in [3.63, 3.8) is 0 Å². The van der Waals surface area contributed by atoms with E-state index in [2.05, 4.69) is 6.92 Å². The van der Waals surface area contributed by atoms with Gasteiger partial charge in [-0.1, -0.05) is 25.8 Å². The van der Waals surface area contributed by atoms with Crippen LogP contribution in [-0.2, 0) is 9.53 Å². The highest BCUT2D eigenvalue weighted by Gasteiger charge is 2.24. The van der Waals surface area contributed by atoms with Crippen LogP contribution in [0.3, 0.4) is 0 Å². The maximum absolute atomic E-state index is 11.2. The maximum atomic E-state index is 11.2. The molecule has 1 fully saturated rings. The number of ether oxygens (including phenoxy) is 1. The molecule has 0 radical (unpaired) electrons. The number of hydrogen-bond acceptors (Lipinski definition) is 2. The van der Waals surface area contributed by atoms with Gasteiger partial charge in [0.1, 0.15) is 6.10 Å². The monoisotopic (exact) mass is 182 g/mol. The first-order valence-corrected chi connectivity index (χ1v) is 5.14. The van der Waals surface area contributed by atoms with Crippen molar-refractivity contribution in [1.82, 2.24) is 0 Å². The first kappa shape index (κ1) is 10.3. The highest BCUT2D eigenvalue weighted by atomic mass is 16.5. The molecule has 0 amide bonds. The summed E-state index contributed by atoms with van der Waals surface area (Å²) in [6, 6.07) is 0. The average molecular weight is 182 g/mol. The van der Waals surface area contributed by atoms with Gasteiger partial charge in [0.25, 0.3) is 0 Å². The second-order valence-electron chi connectivity index (χ2n) is 3.65. The van der Waals surface area contributed by atoms with Gasteiger partial charge in [-0.05, 0) is 19.8 Å². The number of hydrogen-bond donors (Lipinski definition) is 0. The topological polar surface area (TPSA) is 26.3 Å². The molecule has 0 bridgehead atoms. The molecule has 0 aromatic carbocycles. The first-order valence-electron chi connectivity index (χ1n) is 5.14. The average Bonchev–Trinajstić information content (AvgIpc) is 2.39. The molecule has 0 aromatic rings. The Bertz CT molecular complexity index is 206. The zero-order chi connectivity index (χ0) is 9.68. The van der Waals surface area contributed by atoms with E-state index in [1.165, 1.54) is 19.3 Å². The smallest absolute Gasteiger partial charge is 0.334 e. The molecule has 0 N–H and O–H groups in total. The van der Waals surface area contributed by atoms with Gasteiger partial charge in [0.2, 0.25) is 0 Å². The van der Waals surface area contributed by atoms with E-state index in [1.54, 1.807) is 0 Å². The molecule has 1 aliphatic rings. The molecule has 2 heteroatoms. The number of esters is 1. The zero-order valence-corrected chi connectivity index (χ0v) is 8.51. The molecule has 1 heterocycles. The second kappa shape index (κ2) is 5.05. The summed E-state index contributed by atoms with van der Waals surface area (Å²) in [6.45, 7) is 4.11. The predicted molar refractivity (Wildman–Crippen MR) is 52.4 cm³/mol. The fourth-order valence-electron chi connectivity index (χ4n) is 1.53. The van der Waals surface area contributed by atoms with Gasteiger partial charge in [-0.3, -0.25) is 0 Å². The number of unbranched alkanes of at least 4 members (excludes halogenated alkanes) is 3. The van der Waals surface area contributed by atoms with E-state index in [9.17, 15) is 4.79 Å². The van der Waals surface area contributed by atoms with Gasteiger partial charge in [0, 0.05) is 12.0 Å². The number of allylic oxidation sites excluding steroid dienone is 1.